The molecule has 16 heteroatoms. The third-order valence-electron chi connectivity index (χ3n) is 23.1. The van der Waals surface area contributed by atoms with Gasteiger partial charge in [0.1, 0.15) is 10.0 Å². The number of amides is 2. The first kappa shape index (κ1) is 84.2. The molecule has 0 aliphatic carbocycles. The number of aromatic nitrogens is 2. The number of fused-ring (bicyclic) bond motifs is 1. The van der Waals surface area contributed by atoms with Crippen LogP contribution in [0.4, 0.5) is 0 Å². The summed E-state index contributed by atoms with van der Waals surface area (Å²) in [7, 11) is 0. The molecule has 6 atom stereocenters. The van der Waals surface area contributed by atoms with Crippen molar-refractivity contribution in [2.24, 2.45) is 11.8 Å². The molecule has 6 aliphatic heterocycles. The monoisotopic (exact) mass is 1640 g/mol. The van der Waals surface area contributed by atoms with Crippen LogP contribution >= 0.6 is 115 Å². The maximum atomic E-state index is 16.7. The Labute approximate surface area is 693 Å². The van der Waals surface area contributed by atoms with Crippen molar-refractivity contribution >= 4 is 143 Å². The lowest BCUT2D eigenvalue weighted by Gasteiger charge is -2.29. The molecular formula is C92H126N4O2S10. The van der Waals surface area contributed by atoms with Gasteiger partial charge in [-0.1, -0.05) is 289 Å². The molecule has 6 unspecified atom stereocenters. The van der Waals surface area contributed by atoms with Gasteiger partial charge in [0, 0.05) is 95.3 Å². The Kier molecular flexibility index (Phi) is 35.7. The quantitative estimate of drug-likeness (QED) is 0.0350. The van der Waals surface area contributed by atoms with E-state index in [2.05, 4.69) is 151 Å². The number of nitrogens with zero attached hydrogens (tertiary/aromatic N) is 4. The van der Waals surface area contributed by atoms with Crippen molar-refractivity contribution in [3.8, 4) is 39.0 Å². The van der Waals surface area contributed by atoms with Crippen molar-refractivity contribution < 1.29 is 9.59 Å². The van der Waals surface area contributed by atoms with Crippen molar-refractivity contribution in [3.05, 3.63) is 132 Å². The zero-order chi connectivity index (χ0) is 74.5. The fourth-order valence-electron chi connectivity index (χ4n) is 16.8. The van der Waals surface area contributed by atoms with Crippen molar-refractivity contribution in [1.82, 2.24) is 19.8 Å². The number of carbonyl (C=O) groups is 2. The standard InChI is InChI=1S/C92H126N4O2S10/c1-5-9-13-17-21-25-27-31-35-39-45-67(43-37-33-29-23-19-15-11-7-3)65-95-87(89-93-63-83(107-89)81-59-57-79(105-81)77-55-53-75(103-77)73-51-49-71(101-73)69-47-41-61-99-69)85-86(91(95)97)88(96(92(85)98)66-68(44-38-34-30-24-20-16-12-8-4)46-40-36-32-28-26-22-18-14-10-6-2)90-94-64-84(108-90)82-60-58-80(106-82)78-56-54-76(104-78)74-52-50-72(102-74)70-48-42-62-100-70/h41-42,47,49,51-55,57,59-64,67-68,70,72,78,80H,5-40,43-46,48,50,56,58,65-66H2,1-4H3. The number of carbonyl (C=O) groups excluding carboxylic acids is 2. The van der Waals surface area contributed by atoms with Gasteiger partial charge in [0.25, 0.3) is 11.8 Å². The van der Waals surface area contributed by atoms with E-state index in [9.17, 15) is 0 Å². The number of unbranched alkanes of at least 4 members (excludes halogenated alkanes) is 32. The summed E-state index contributed by atoms with van der Waals surface area (Å²) in [6, 6.07) is 18.0. The first-order valence-corrected chi connectivity index (χ1v) is 51.6. The minimum Gasteiger partial charge on any atom is -0.304 e. The van der Waals surface area contributed by atoms with Crippen LogP contribution in [0, 0.1) is 11.8 Å². The topological polar surface area (TPSA) is 66.4 Å². The zero-order valence-electron chi connectivity index (χ0n) is 65.9. The van der Waals surface area contributed by atoms with Crippen molar-refractivity contribution in [2.45, 2.75) is 331 Å². The van der Waals surface area contributed by atoms with Crippen molar-refractivity contribution in [1.29, 1.82) is 0 Å². The second kappa shape index (κ2) is 45.8. The van der Waals surface area contributed by atoms with Gasteiger partial charge < -0.3 is 9.80 Å². The minimum atomic E-state index is -0.0190. The summed E-state index contributed by atoms with van der Waals surface area (Å²) in [5.74, 6) is 0.589. The van der Waals surface area contributed by atoms with Gasteiger partial charge in [0.15, 0.2) is 0 Å². The first-order chi connectivity index (χ1) is 53.3. The lowest BCUT2D eigenvalue weighted by Crippen LogP contribution is -2.35. The largest absolute Gasteiger partial charge is 0.304 e. The van der Waals surface area contributed by atoms with Gasteiger partial charge in [-0.25, -0.2) is 9.97 Å². The molecule has 0 saturated heterocycles. The van der Waals surface area contributed by atoms with Crippen LogP contribution in [-0.2, 0) is 9.59 Å². The summed E-state index contributed by atoms with van der Waals surface area (Å²) in [6.07, 6.45) is 69.6. The molecule has 0 fully saturated rings. The molecule has 0 aromatic carbocycles. The summed E-state index contributed by atoms with van der Waals surface area (Å²) >= 11 is 19.1. The van der Waals surface area contributed by atoms with Crippen LogP contribution in [0.1, 0.15) is 325 Å². The summed E-state index contributed by atoms with van der Waals surface area (Å²) < 4.78 is 0. The molecule has 0 N–H and O–H groups in total. The zero-order valence-corrected chi connectivity index (χ0v) is 74.1. The van der Waals surface area contributed by atoms with Crippen LogP contribution in [0.15, 0.2) is 117 Å². The highest BCUT2D eigenvalue weighted by Gasteiger charge is 2.51. The highest BCUT2D eigenvalue weighted by atomic mass is 32.2. The predicted molar refractivity (Wildman–Crippen MR) is 486 cm³/mol. The Balaban J connectivity index is 0.853. The Bertz CT molecular complexity index is 3900. The van der Waals surface area contributed by atoms with Crippen molar-refractivity contribution in [2.75, 3.05) is 13.1 Å². The molecule has 0 spiro atoms. The third kappa shape index (κ3) is 24.0. The molecule has 6 aliphatic rings. The SMILES string of the molecule is CCCCCCCCCCCCC(CCCCCCCCCC)CN1C(=O)C2=C(c3ncc(-c4ccc(-c5ccc(-c6ccc(-c7cccs7)s6)s5)s4)s3)N(CC(CCCCCCCCCC)CCCCCCCCCCCC)C(=O)C2=C1c1ncc(C2=CCC(C3CC=C(C4=CCC(C5CC=CS5)S4)S3)S2)s1. The van der Waals surface area contributed by atoms with Gasteiger partial charge in [0.2, 0.25) is 0 Å². The molecule has 6 nitrogen and oxygen atoms in total. The van der Waals surface area contributed by atoms with Gasteiger partial charge in [-0.15, -0.1) is 115 Å². The van der Waals surface area contributed by atoms with E-state index in [4.69, 9.17) is 9.97 Å². The second-order valence-electron chi connectivity index (χ2n) is 31.7. The predicted octanol–water partition coefficient (Wildman–Crippen LogP) is 31.9. The molecule has 108 heavy (non-hydrogen) atoms. The van der Waals surface area contributed by atoms with E-state index in [1.165, 1.54) is 288 Å². The van der Waals surface area contributed by atoms with E-state index < -0.39 is 0 Å². The maximum Gasteiger partial charge on any atom is 0.261 e. The van der Waals surface area contributed by atoms with Crippen LogP contribution in [0.2, 0.25) is 0 Å². The Morgan fingerprint density at radius 3 is 1.06 bits per heavy atom. The summed E-state index contributed by atoms with van der Waals surface area (Å²) in [4.78, 5) is 63.8. The van der Waals surface area contributed by atoms with Crippen molar-refractivity contribution in [3.63, 3.8) is 0 Å². The first-order valence-electron chi connectivity index (χ1n) is 43.1. The van der Waals surface area contributed by atoms with Gasteiger partial charge >= 0.3 is 0 Å². The lowest BCUT2D eigenvalue weighted by molar-refractivity contribution is -0.124. The van der Waals surface area contributed by atoms with Crippen LogP contribution in [-0.4, -0.2) is 65.7 Å². The highest BCUT2D eigenvalue weighted by molar-refractivity contribution is 8.12. The normalized spacial score (nSPS) is 19.2. The summed E-state index contributed by atoms with van der Waals surface area (Å²) in [5.41, 5.74) is 2.67. The number of thiophene rings is 4. The molecule has 586 valence electrons. The minimum absolute atomic E-state index is 0.0190. The molecule has 6 aromatic heterocycles. The maximum absolute atomic E-state index is 16.7. The van der Waals surface area contributed by atoms with E-state index >= 15 is 9.59 Å². The number of hydrogen-bond donors (Lipinski definition) is 0. The molecule has 0 bridgehead atoms. The summed E-state index contributed by atoms with van der Waals surface area (Å²) in [6.45, 7) is 10.5. The average molecular weight is 1640 g/mol. The fourth-order valence-corrected chi connectivity index (χ4v) is 28.5. The average Bonchev–Trinajstić information content (AvgIpc) is 1.55. The smallest absolute Gasteiger partial charge is 0.261 e. The van der Waals surface area contributed by atoms with E-state index in [1.807, 2.05) is 63.7 Å². The fraction of sp³-hybridized carbons (Fsp3) is 0.609. The molecule has 6 aromatic rings. The molecule has 2 amide bonds. The number of rotatable bonds is 54. The van der Waals surface area contributed by atoms with Gasteiger partial charge in [-0.3, -0.25) is 9.59 Å². The van der Waals surface area contributed by atoms with Gasteiger partial charge in [0.05, 0.1) is 32.3 Å². The summed E-state index contributed by atoms with van der Waals surface area (Å²) in [5, 5.41) is 8.44. The molecule has 12 rings (SSSR count). The Hall–Kier alpha value is -3.16. The van der Waals surface area contributed by atoms with Crippen LogP contribution < -0.4 is 0 Å². The lowest BCUT2D eigenvalue weighted by atomic mass is 9.93. The third-order valence-corrected chi connectivity index (χ3v) is 36.3. The van der Waals surface area contributed by atoms with E-state index in [0.717, 1.165) is 74.6 Å². The van der Waals surface area contributed by atoms with E-state index in [1.54, 1.807) is 34.0 Å². The van der Waals surface area contributed by atoms with Crippen LogP contribution in [0.25, 0.3) is 55.3 Å². The highest BCUT2D eigenvalue weighted by Crippen LogP contribution is 2.56. The van der Waals surface area contributed by atoms with E-state index in [0.29, 0.717) is 57.1 Å². The molecule has 0 radical (unpaired) electrons. The molecular weight excluding hydrogens is 1510 g/mol. The Morgan fingerprint density at radius 2 is 0.694 bits per heavy atom. The number of thioether (sulfide) groups is 4. The number of hydrogen-bond acceptors (Lipinski definition) is 14. The van der Waals surface area contributed by atoms with Gasteiger partial charge in [-0.05, 0) is 116 Å². The molecule has 0 saturated carbocycles. The Morgan fingerprint density at radius 1 is 0.361 bits per heavy atom. The van der Waals surface area contributed by atoms with Gasteiger partial charge in [-0.2, -0.15) is 0 Å². The van der Waals surface area contributed by atoms with Crippen LogP contribution in [0.5, 0.6) is 0 Å². The van der Waals surface area contributed by atoms with E-state index in [-0.39, 0.29) is 11.8 Å². The number of allylic oxidation sites excluding steroid dienone is 4. The molecule has 12 heterocycles. The number of thiazole rings is 2. The second-order valence-corrected chi connectivity index (χ2v) is 42.9. The van der Waals surface area contributed by atoms with Crippen LogP contribution in [0.3, 0.4) is 0 Å².